The van der Waals surface area contributed by atoms with Crippen molar-refractivity contribution >= 4 is 31.6 Å². The second kappa shape index (κ2) is 5.27. The SMILES string of the molecule is Nc1cc(S(=O)(=O)NCc2ccon2)c(Br)cc1F. The van der Waals surface area contributed by atoms with Gasteiger partial charge in [-0.1, -0.05) is 5.16 Å². The Morgan fingerprint density at radius 1 is 1.47 bits per heavy atom. The lowest BCUT2D eigenvalue weighted by atomic mass is 10.3. The monoisotopic (exact) mass is 349 g/mol. The van der Waals surface area contributed by atoms with Gasteiger partial charge in [0, 0.05) is 10.5 Å². The molecule has 9 heteroatoms. The normalized spacial score (nSPS) is 11.7. The molecule has 0 fully saturated rings. The van der Waals surface area contributed by atoms with Crippen molar-refractivity contribution in [1.29, 1.82) is 0 Å². The van der Waals surface area contributed by atoms with Crippen molar-refractivity contribution in [3.05, 3.63) is 40.4 Å². The molecule has 2 rings (SSSR count). The Morgan fingerprint density at radius 2 is 2.21 bits per heavy atom. The number of nitrogens with zero attached hydrogens (tertiary/aromatic N) is 1. The molecule has 0 amide bonds. The maximum absolute atomic E-state index is 13.2. The predicted molar refractivity (Wildman–Crippen MR) is 69.0 cm³/mol. The van der Waals surface area contributed by atoms with E-state index in [0.717, 1.165) is 12.1 Å². The van der Waals surface area contributed by atoms with E-state index >= 15 is 0 Å². The van der Waals surface area contributed by atoms with E-state index in [1.54, 1.807) is 0 Å². The van der Waals surface area contributed by atoms with Crippen molar-refractivity contribution < 1.29 is 17.3 Å². The highest BCUT2D eigenvalue weighted by molar-refractivity contribution is 9.10. The first-order chi connectivity index (χ1) is 8.90. The number of sulfonamides is 1. The number of rotatable bonds is 4. The van der Waals surface area contributed by atoms with Crippen LogP contribution in [0.1, 0.15) is 5.69 Å². The van der Waals surface area contributed by atoms with Gasteiger partial charge in [0.1, 0.15) is 12.1 Å². The third kappa shape index (κ3) is 3.11. The van der Waals surface area contributed by atoms with Crippen LogP contribution in [-0.4, -0.2) is 13.6 Å². The van der Waals surface area contributed by atoms with Crippen molar-refractivity contribution in [3.8, 4) is 0 Å². The van der Waals surface area contributed by atoms with E-state index in [9.17, 15) is 12.8 Å². The van der Waals surface area contributed by atoms with Gasteiger partial charge in [-0.05, 0) is 28.1 Å². The largest absolute Gasteiger partial charge is 0.396 e. The Hall–Kier alpha value is -1.45. The Labute approximate surface area is 117 Å². The van der Waals surface area contributed by atoms with Crippen LogP contribution >= 0.6 is 15.9 Å². The fourth-order valence-corrected chi connectivity index (χ4v) is 3.37. The van der Waals surface area contributed by atoms with Crippen LogP contribution in [0.15, 0.2) is 38.4 Å². The van der Waals surface area contributed by atoms with E-state index in [0.29, 0.717) is 5.69 Å². The molecule has 0 saturated heterocycles. The molecule has 2 aromatic rings. The summed E-state index contributed by atoms with van der Waals surface area (Å²) >= 11 is 2.99. The van der Waals surface area contributed by atoms with E-state index in [-0.39, 0.29) is 21.6 Å². The Bertz CT molecular complexity index is 688. The molecule has 1 aromatic heterocycles. The molecule has 0 spiro atoms. The van der Waals surface area contributed by atoms with Crippen LogP contribution in [0.4, 0.5) is 10.1 Å². The lowest BCUT2D eigenvalue weighted by Crippen LogP contribution is -2.24. The van der Waals surface area contributed by atoms with Crippen molar-refractivity contribution in [1.82, 2.24) is 9.88 Å². The molecule has 1 heterocycles. The van der Waals surface area contributed by atoms with Crippen molar-refractivity contribution in [2.24, 2.45) is 0 Å². The zero-order chi connectivity index (χ0) is 14.0. The average Bonchev–Trinajstić information content (AvgIpc) is 2.84. The highest BCUT2D eigenvalue weighted by Crippen LogP contribution is 2.26. The van der Waals surface area contributed by atoms with Gasteiger partial charge in [0.2, 0.25) is 10.0 Å². The minimum absolute atomic E-state index is 0.0391. The van der Waals surface area contributed by atoms with E-state index in [1.165, 1.54) is 12.3 Å². The number of hydrogen-bond donors (Lipinski definition) is 2. The first-order valence-corrected chi connectivity index (χ1v) is 7.31. The number of anilines is 1. The minimum Gasteiger partial charge on any atom is -0.396 e. The number of halogens is 2. The molecule has 102 valence electrons. The predicted octanol–water partition coefficient (Wildman–Crippen LogP) is 1.64. The number of aromatic nitrogens is 1. The van der Waals surface area contributed by atoms with Gasteiger partial charge in [0.05, 0.1) is 22.8 Å². The number of nitrogens with two attached hydrogens (primary N) is 1. The van der Waals surface area contributed by atoms with Crippen LogP contribution in [0.5, 0.6) is 0 Å². The Balaban J connectivity index is 2.27. The van der Waals surface area contributed by atoms with Crippen LogP contribution in [0, 0.1) is 5.82 Å². The van der Waals surface area contributed by atoms with Gasteiger partial charge in [0.25, 0.3) is 0 Å². The molecule has 0 bridgehead atoms. The highest BCUT2D eigenvalue weighted by atomic mass is 79.9. The van der Waals surface area contributed by atoms with Gasteiger partial charge < -0.3 is 10.3 Å². The summed E-state index contributed by atoms with van der Waals surface area (Å²) in [7, 11) is -3.83. The maximum atomic E-state index is 13.2. The second-order valence-corrected chi connectivity index (χ2v) is 6.21. The van der Waals surface area contributed by atoms with Gasteiger partial charge in [0.15, 0.2) is 0 Å². The van der Waals surface area contributed by atoms with Crippen LogP contribution in [0.3, 0.4) is 0 Å². The fraction of sp³-hybridized carbons (Fsp3) is 0.100. The second-order valence-electron chi connectivity index (χ2n) is 3.62. The van der Waals surface area contributed by atoms with Crippen molar-refractivity contribution in [2.75, 3.05) is 5.73 Å². The van der Waals surface area contributed by atoms with E-state index < -0.39 is 15.8 Å². The zero-order valence-corrected chi connectivity index (χ0v) is 11.8. The van der Waals surface area contributed by atoms with E-state index in [4.69, 9.17) is 5.73 Å². The van der Waals surface area contributed by atoms with E-state index in [2.05, 4.69) is 30.3 Å². The molecule has 0 radical (unpaired) electrons. The maximum Gasteiger partial charge on any atom is 0.242 e. The summed E-state index contributed by atoms with van der Waals surface area (Å²) in [5.41, 5.74) is 5.54. The third-order valence-electron chi connectivity index (χ3n) is 2.28. The molecule has 0 atom stereocenters. The molecule has 0 aliphatic heterocycles. The Kier molecular flexibility index (Phi) is 3.88. The summed E-state index contributed by atoms with van der Waals surface area (Å²) in [4.78, 5) is -0.144. The first-order valence-electron chi connectivity index (χ1n) is 5.03. The van der Waals surface area contributed by atoms with Crippen molar-refractivity contribution in [2.45, 2.75) is 11.4 Å². The van der Waals surface area contributed by atoms with Gasteiger partial charge in [-0.15, -0.1) is 0 Å². The smallest absolute Gasteiger partial charge is 0.242 e. The molecule has 3 N–H and O–H groups in total. The number of nitrogens with one attached hydrogen (secondary N) is 1. The topological polar surface area (TPSA) is 98.2 Å². The third-order valence-corrected chi connectivity index (χ3v) is 4.63. The van der Waals surface area contributed by atoms with E-state index in [1.807, 2.05) is 0 Å². The summed E-state index contributed by atoms with van der Waals surface area (Å²) in [5.74, 6) is -0.692. The number of nitrogen functional groups attached to an aromatic ring is 1. The van der Waals surface area contributed by atoms with Gasteiger partial charge in [-0.3, -0.25) is 0 Å². The molecule has 1 aromatic carbocycles. The molecule has 19 heavy (non-hydrogen) atoms. The summed E-state index contributed by atoms with van der Waals surface area (Å²) in [6.07, 6.45) is 1.33. The minimum atomic E-state index is -3.83. The quantitative estimate of drug-likeness (QED) is 0.817. The summed E-state index contributed by atoms with van der Waals surface area (Å²) < 4.78 is 44.2. The molecule has 0 aliphatic rings. The fourth-order valence-electron chi connectivity index (χ4n) is 1.33. The standard InChI is InChI=1S/C10H9BrFN3O3S/c11-7-3-8(12)9(13)4-10(7)19(16,17)14-5-6-1-2-18-15-6/h1-4,14H,5,13H2. The lowest BCUT2D eigenvalue weighted by Gasteiger charge is -2.08. The van der Waals surface area contributed by atoms with Gasteiger partial charge in [-0.25, -0.2) is 17.5 Å². The van der Waals surface area contributed by atoms with Crippen LogP contribution in [-0.2, 0) is 16.6 Å². The molecule has 0 unspecified atom stereocenters. The van der Waals surface area contributed by atoms with Crippen LogP contribution < -0.4 is 10.5 Å². The van der Waals surface area contributed by atoms with Crippen LogP contribution in [0.2, 0.25) is 0 Å². The lowest BCUT2D eigenvalue weighted by molar-refractivity contribution is 0.411. The average molecular weight is 350 g/mol. The number of benzene rings is 1. The molecule has 0 saturated carbocycles. The molecular weight excluding hydrogens is 341 g/mol. The molecule has 6 nitrogen and oxygen atoms in total. The summed E-state index contributed by atoms with van der Waals surface area (Å²) in [6, 6.07) is 3.57. The van der Waals surface area contributed by atoms with Gasteiger partial charge in [-0.2, -0.15) is 0 Å². The van der Waals surface area contributed by atoms with Gasteiger partial charge >= 0.3 is 0 Å². The summed E-state index contributed by atoms with van der Waals surface area (Å²) in [5, 5.41) is 3.57. The zero-order valence-electron chi connectivity index (χ0n) is 9.43. The highest BCUT2D eigenvalue weighted by Gasteiger charge is 2.19. The first kappa shape index (κ1) is 14.0. The molecule has 0 aliphatic carbocycles. The van der Waals surface area contributed by atoms with Crippen LogP contribution in [0.25, 0.3) is 0 Å². The Morgan fingerprint density at radius 3 is 2.84 bits per heavy atom. The molecular formula is C10H9BrFN3O3S. The summed E-state index contributed by atoms with van der Waals surface area (Å²) in [6.45, 7) is -0.0391. The van der Waals surface area contributed by atoms with Crippen molar-refractivity contribution in [3.63, 3.8) is 0 Å². The number of hydrogen-bond acceptors (Lipinski definition) is 5.